The molecule has 0 saturated heterocycles. The van der Waals surface area contributed by atoms with Gasteiger partial charge in [0.15, 0.2) is 11.5 Å². The zero-order valence-electron chi connectivity index (χ0n) is 13.3. The number of phenols is 2. The fourth-order valence-corrected chi connectivity index (χ4v) is 3.57. The lowest BCUT2D eigenvalue weighted by molar-refractivity contribution is 0.401. The first-order valence-corrected chi connectivity index (χ1v) is 8.06. The third kappa shape index (κ3) is 2.11. The van der Waals surface area contributed by atoms with Gasteiger partial charge < -0.3 is 10.2 Å². The van der Waals surface area contributed by atoms with Crippen LogP contribution in [0.4, 0.5) is 0 Å². The van der Waals surface area contributed by atoms with Crippen LogP contribution in [0.2, 0.25) is 0 Å². The largest absolute Gasteiger partial charge is 0.504 e. The second-order valence-electron chi connectivity index (χ2n) is 6.13. The Morgan fingerprint density at radius 1 is 0.792 bits per heavy atom. The number of rotatable bonds is 3. The van der Waals surface area contributed by atoms with Crippen molar-refractivity contribution in [1.29, 1.82) is 0 Å². The van der Waals surface area contributed by atoms with Crippen molar-refractivity contribution in [3.05, 3.63) is 83.9 Å². The van der Waals surface area contributed by atoms with Gasteiger partial charge in [-0.2, -0.15) is 0 Å². The van der Waals surface area contributed by atoms with Crippen LogP contribution in [0.3, 0.4) is 0 Å². The summed E-state index contributed by atoms with van der Waals surface area (Å²) in [7, 11) is 0. The van der Waals surface area contributed by atoms with Gasteiger partial charge in [0.2, 0.25) is 0 Å². The Hall–Kier alpha value is -3.00. The number of phenolic OH excluding ortho intramolecular Hbond substituents is 2. The zero-order valence-corrected chi connectivity index (χ0v) is 13.3. The van der Waals surface area contributed by atoms with Crippen LogP contribution in [0.1, 0.15) is 16.7 Å². The van der Waals surface area contributed by atoms with Gasteiger partial charge in [0, 0.05) is 11.1 Å². The van der Waals surface area contributed by atoms with E-state index >= 15 is 0 Å². The van der Waals surface area contributed by atoms with Crippen molar-refractivity contribution in [3.8, 4) is 33.8 Å². The maximum atomic E-state index is 10.5. The van der Waals surface area contributed by atoms with Gasteiger partial charge in [-0.1, -0.05) is 60.7 Å². The minimum Gasteiger partial charge on any atom is -0.504 e. The Morgan fingerprint density at radius 2 is 1.50 bits per heavy atom. The molecule has 3 aromatic carbocycles. The molecule has 0 spiro atoms. The van der Waals surface area contributed by atoms with E-state index < -0.39 is 0 Å². The molecule has 0 aromatic heterocycles. The minimum absolute atomic E-state index is 0.0551. The Morgan fingerprint density at radius 3 is 2.29 bits per heavy atom. The molecular weight excluding hydrogens is 296 g/mol. The summed E-state index contributed by atoms with van der Waals surface area (Å²) >= 11 is 0. The van der Waals surface area contributed by atoms with Gasteiger partial charge in [0.25, 0.3) is 0 Å². The first kappa shape index (κ1) is 14.6. The highest BCUT2D eigenvalue weighted by molar-refractivity contribution is 5.87. The van der Waals surface area contributed by atoms with E-state index in [4.69, 9.17) is 0 Å². The highest BCUT2D eigenvalue weighted by Gasteiger charge is 2.23. The topological polar surface area (TPSA) is 40.5 Å². The van der Waals surface area contributed by atoms with Crippen molar-refractivity contribution in [2.75, 3.05) is 0 Å². The fourth-order valence-electron chi connectivity index (χ4n) is 3.57. The fraction of sp³-hybridized carbons (Fsp3) is 0.0909. The summed E-state index contributed by atoms with van der Waals surface area (Å²) in [5.41, 5.74) is 7.28. The first-order valence-electron chi connectivity index (χ1n) is 8.06. The third-order valence-corrected chi connectivity index (χ3v) is 4.74. The number of hydrogen-bond acceptors (Lipinski definition) is 2. The van der Waals surface area contributed by atoms with Crippen LogP contribution in [0.15, 0.2) is 67.3 Å². The molecule has 0 radical (unpaired) electrons. The highest BCUT2D eigenvalue weighted by Crippen LogP contribution is 2.45. The number of benzene rings is 3. The molecule has 2 heteroatoms. The van der Waals surface area contributed by atoms with Gasteiger partial charge in [-0.3, -0.25) is 0 Å². The molecule has 0 atom stereocenters. The molecule has 2 N–H and O–H groups in total. The minimum atomic E-state index is -0.0568. The van der Waals surface area contributed by atoms with E-state index in [0.29, 0.717) is 17.5 Å². The second-order valence-corrected chi connectivity index (χ2v) is 6.13. The summed E-state index contributed by atoms with van der Waals surface area (Å²) in [5.74, 6) is -0.112. The van der Waals surface area contributed by atoms with E-state index in [1.54, 1.807) is 6.08 Å². The summed E-state index contributed by atoms with van der Waals surface area (Å²) in [6, 6.07) is 18.2. The summed E-state index contributed by atoms with van der Waals surface area (Å²) in [4.78, 5) is 0. The molecule has 0 bridgehead atoms. The lowest BCUT2D eigenvalue weighted by Crippen LogP contribution is -1.91. The van der Waals surface area contributed by atoms with Crippen molar-refractivity contribution < 1.29 is 10.2 Å². The molecule has 4 rings (SSSR count). The molecule has 0 aliphatic heterocycles. The SMILES string of the molecule is C=CCc1ccc(-c2cccc3c2Cc2ccccc2-3)c(O)c1O. The van der Waals surface area contributed by atoms with Crippen molar-refractivity contribution in [2.45, 2.75) is 12.8 Å². The summed E-state index contributed by atoms with van der Waals surface area (Å²) < 4.78 is 0. The van der Waals surface area contributed by atoms with Gasteiger partial charge in [0.1, 0.15) is 0 Å². The van der Waals surface area contributed by atoms with Gasteiger partial charge in [0.05, 0.1) is 0 Å². The van der Waals surface area contributed by atoms with E-state index in [1.165, 1.54) is 22.3 Å². The van der Waals surface area contributed by atoms with Crippen molar-refractivity contribution in [2.24, 2.45) is 0 Å². The molecule has 0 unspecified atom stereocenters. The van der Waals surface area contributed by atoms with Gasteiger partial charge in [-0.05, 0) is 40.7 Å². The normalized spacial score (nSPS) is 11.8. The van der Waals surface area contributed by atoms with Crippen molar-refractivity contribution >= 4 is 0 Å². The molecule has 0 fully saturated rings. The number of aromatic hydroxyl groups is 2. The predicted octanol–water partition coefficient (Wildman–Crippen LogP) is 5.06. The van der Waals surface area contributed by atoms with E-state index in [0.717, 1.165) is 12.0 Å². The van der Waals surface area contributed by atoms with Crippen LogP contribution in [0, 0.1) is 0 Å². The monoisotopic (exact) mass is 314 g/mol. The lowest BCUT2D eigenvalue weighted by Gasteiger charge is -2.13. The lowest BCUT2D eigenvalue weighted by atomic mass is 9.93. The van der Waals surface area contributed by atoms with E-state index in [1.807, 2.05) is 30.3 Å². The predicted molar refractivity (Wildman–Crippen MR) is 97.4 cm³/mol. The van der Waals surface area contributed by atoms with E-state index in [9.17, 15) is 10.2 Å². The van der Waals surface area contributed by atoms with Gasteiger partial charge in [-0.15, -0.1) is 6.58 Å². The zero-order chi connectivity index (χ0) is 16.7. The quantitative estimate of drug-likeness (QED) is 0.410. The Labute approximate surface area is 141 Å². The Kier molecular flexibility index (Phi) is 3.39. The molecule has 2 nitrogen and oxygen atoms in total. The Bertz CT molecular complexity index is 954. The van der Waals surface area contributed by atoms with Gasteiger partial charge in [-0.25, -0.2) is 0 Å². The summed E-state index contributed by atoms with van der Waals surface area (Å²) in [6.45, 7) is 3.68. The molecule has 118 valence electrons. The number of fused-ring (bicyclic) bond motifs is 3. The first-order chi connectivity index (χ1) is 11.7. The molecule has 1 aliphatic rings. The Balaban J connectivity index is 1.89. The average Bonchev–Trinajstić information content (AvgIpc) is 2.98. The van der Waals surface area contributed by atoms with Crippen LogP contribution in [-0.2, 0) is 12.8 Å². The smallest absolute Gasteiger partial charge is 0.165 e. The standard InChI is InChI=1S/C22H18O2/c1-2-6-14-11-12-19(22(24)21(14)23)18-10-5-9-17-16-8-4-3-7-15(16)13-20(17)18/h2-5,7-12,23-24H,1,6,13H2. The maximum absolute atomic E-state index is 10.5. The third-order valence-electron chi connectivity index (χ3n) is 4.74. The van der Waals surface area contributed by atoms with E-state index in [-0.39, 0.29) is 11.5 Å². The molecule has 0 amide bonds. The van der Waals surface area contributed by atoms with Crippen molar-refractivity contribution in [1.82, 2.24) is 0 Å². The van der Waals surface area contributed by atoms with Gasteiger partial charge >= 0.3 is 0 Å². The van der Waals surface area contributed by atoms with Crippen LogP contribution in [-0.4, -0.2) is 10.2 Å². The molecule has 24 heavy (non-hydrogen) atoms. The van der Waals surface area contributed by atoms with E-state index in [2.05, 4.69) is 30.8 Å². The van der Waals surface area contributed by atoms with Crippen LogP contribution < -0.4 is 0 Å². The number of allylic oxidation sites excluding steroid dienone is 1. The summed E-state index contributed by atoms with van der Waals surface area (Å²) in [6.07, 6.45) is 3.08. The molecule has 0 saturated carbocycles. The summed E-state index contributed by atoms with van der Waals surface area (Å²) in [5, 5.41) is 20.8. The highest BCUT2D eigenvalue weighted by atomic mass is 16.3. The molecular formula is C22H18O2. The number of hydrogen-bond donors (Lipinski definition) is 2. The average molecular weight is 314 g/mol. The van der Waals surface area contributed by atoms with Crippen LogP contribution in [0.5, 0.6) is 11.5 Å². The second kappa shape index (κ2) is 5.57. The van der Waals surface area contributed by atoms with Crippen LogP contribution >= 0.6 is 0 Å². The van der Waals surface area contributed by atoms with Crippen molar-refractivity contribution in [3.63, 3.8) is 0 Å². The molecule has 3 aromatic rings. The molecule has 1 aliphatic carbocycles. The molecule has 0 heterocycles. The van der Waals surface area contributed by atoms with Crippen LogP contribution in [0.25, 0.3) is 22.3 Å². The maximum Gasteiger partial charge on any atom is 0.165 e.